The highest BCUT2D eigenvalue weighted by atomic mass is 16.5. The SMILES string of the molecule is COc1ccc([C@H]2N=C(c3ccccc3O)C[C@@H](c3cc(OC)ccc3OC)N2)cc1. The molecule has 0 bridgehead atoms. The number of nitrogens with one attached hydrogen (secondary N) is 1. The van der Waals surface area contributed by atoms with Crippen LogP contribution in [-0.4, -0.2) is 32.1 Å². The van der Waals surface area contributed by atoms with Gasteiger partial charge < -0.3 is 19.3 Å². The highest BCUT2D eigenvalue weighted by Crippen LogP contribution is 2.37. The molecule has 2 atom stereocenters. The van der Waals surface area contributed by atoms with Crippen LogP contribution in [0.2, 0.25) is 0 Å². The number of methoxy groups -OCH3 is 3. The van der Waals surface area contributed by atoms with Gasteiger partial charge in [-0.15, -0.1) is 0 Å². The number of rotatable bonds is 6. The van der Waals surface area contributed by atoms with Gasteiger partial charge in [-0.25, -0.2) is 0 Å². The van der Waals surface area contributed by atoms with Gasteiger partial charge in [-0.2, -0.15) is 0 Å². The molecule has 0 saturated carbocycles. The summed E-state index contributed by atoms with van der Waals surface area (Å²) >= 11 is 0. The van der Waals surface area contributed by atoms with Gasteiger partial charge in [0.05, 0.1) is 27.0 Å². The van der Waals surface area contributed by atoms with Crippen molar-refractivity contribution in [2.75, 3.05) is 21.3 Å². The lowest BCUT2D eigenvalue weighted by Gasteiger charge is -2.31. The van der Waals surface area contributed by atoms with Crippen molar-refractivity contribution in [1.82, 2.24) is 5.32 Å². The summed E-state index contributed by atoms with van der Waals surface area (Å²) in [6, 6.07) is 20.8. The molecule has 0 spiro atoms. The zero-order valence-electron chi connectivity index (χ0n) is 17.8. The van der Waals surface area contributed by atoms with Crippen LogP contribution in [-0.2, 0) is 0 Å². The Morgan fingerprint density at radius 2 is 1.58 bits per heavy atom. The second kappa shape index (κ2) is 9.10. The number of phenols is 1. The molecule has 1 aliphatic rings. The van der Waals surface area contributed by atoms with Crippen LogP contribution in [0.4, 0.5) is 0 Å². The predicted molar refractivity (Wildman–Crippen MR) is 120 cm³/mol. The van der Waals surface area contributed by atoms with Gasteiger partial charge in [0.25, 0.3) is 0 Å². The van der Waals surface area contributed by atoms with E-state index in [0.29, 0.717) is 6.42 Å². The van der Waals surface area contributed by atoms with E-state index < -0.39 is 0 Å². The summed E-state index contributed by atoms with van der Waals surface area (Å²) in [5.41, 5.74) is 3.53. The minimum absolute atomic E-state index is 0.0933. The number of hydrogen-bond donors (Lipinski definition) is 2. The van der Waals surface area contributed by atoms with Gasteiger partial charge in [0.1, 0.15) is 29.2 Å². The third kappa shape index (κ3) is 4.34. The van der Waals surface area contributed by atoms with Crippen molar-refractivity contribution in [1.29, 1.82) is 0 Å². The van der Waals surface area contributed by atoms with E-state index in [9.17, 15) is 5.11 Å². The minimum Gasteiger partial charge on any atom is -0.507 e. The summed E-state index contributed by atoms with van der Waals surface area (Å²) < 4.78 is 16.4. The number of aromatic hydroxyl groups is 1. The Morgan fingerprint density at radius 1 is 0.871 bits per heavy atom. The van der Waals surface area contributed by atoms with Gasteiger partial charge in [-0.1, -0.05) is 24.3 Å². The average Bonchev–Trinajstić information content (AvgIpc) is 2.83. The number of nitrogens with zero attached hydrogens (tertiary/aromatic N) is 1. The molecule has 2 N–H and O–H groups in total. The molecule has 31 heavy (non-hydrogen) atoms. The molecule has 0 aromatic heterocycles. The summed E-state index contributed by atoms with van der Waals surface area (Å²) in [5, 5.41) is 14.1. The lowest BCUT2D eigenvalue weighted by molar-refractivity contribution is 0.378. The summed E-state index contributed by atoms with van der Waals surface area (Å²) in [5.74, 6) is 2.53. The Labute approximate surface area is 182 Å². The Hall–Kier alpha value is -3.51. The molecule has 6 heteroatoms. The first-order chi connectivity index (χ1) is 15.1. The Bertz CT molecular complexity index is 1080. The van der Waals surface area contributed by atoms with Gasteiger partial charge in [0.15, 0.2) is 0 Å². The quantitative estimate of drug-likeness (QED) is 0.610. The molecule has 0 radical (unpaired) electrons. The van der Waals surface area contributed by atoms with E-state index in [1.165, 1.54) is 0 Å². The largest absolute Gasteiger partial charge is 0.507 e. The number of benzene rings is 3. The van der Waals surface area contributed by atoms with E-state index in [0.717, 1.165) is 39.7 Å². The van der Waals surface area contributed by atoms with Crippen molar-refractivity contribution >= 4 is 5.71 Å². The summed E-state index contributed by atoms with van der Waals surface area (Å²) in [7, 11) is 4.95. The normalized spacial score (nSPS) is 18.2. The highest BCUT2D eigenvalue weighted by Gasteiger charge is 2.29. The second-order valence-corrected chi connectivity index (χ2v) is 7.30. The maximum atomic E-state index is 10.5. The zero-order valence-corrected chi connectivity index (χ0v) is 17.8. The molecule has 0 unspecified atom stereocenters. The van der Waals surface area contributed by atoms with Crippen molar-refractivity contribution in [3.63, 3.8) is 0 Å². The number of para-hydroxylation sites is 1. The topological polar surface area (TPSA) is 72.3 Å². The van der Waals surface area contributed by atoms with Gasteiger partial charge in [0, 0.05) is 23.6 Å². The van der Waals surface area contributed by atoms with E-state index in [2.05, 4.69) is 5.32 Å². The first-order valence-electron chi connectivity index (χ1n) is 10.1. The first kappa shape index (κ1) is 20.8. The fraction of sp³-hybridized carbons (Fsp3) is 0.240. The standard InChI is InChI=1S/C25H26N2O4/c1-29-17-10-8-16(9-11-17)25-26-21(19-6-4-5-7-23(19)28)15-22(27-25)20-14-18(30-2)12-13-24(20)31-3/h4-14,22,25,27-28H,15H2,1-3H3/t22-,25-/m0/s1. The first-order valence-corrected chi connectivity index (χ1v) is 10.1. The average molecular weight is 418 g/mol. The van der Waals surface area contributed by atoms with Gasteiger partial charge in [0.2, 0.25) is 0 Å². The van der Waals surface area contributed by atoms with E-state index >= 15 is 0 Å². The molecule has 3 aromatic rings. The second-order valence-electron chi connectivity index (χ2n) is 7.30. The monoisotopic (exact) mass is 418 g/mol. The summed E-state index contributed by atoms with van der Waals surface area (Å²) in [6.45, 7) is 0. The van der Waals surface area contributed by atoms with Crippen LogP contribution in [0.25, 0.3) is 0 Å². The van der Waals surface area contributed by atoms with E-state index in [-0.39, 0.29) is 18.0 Å². The molecule has 160 valence electrons. The molecule has 3 aromatic carbocycles. The third-order valence-corrected chi connectivity index (χ3v) is 5.50. The van der Waals surface area contributed by atoms with Crippen LogP contribution < -0.4 is 19.5 Å². The van der Waals surface area contributed by atoms with E-state index in [1.54, 1.807) is 27.4 Å². The van der Waals surface area contributed by atoms with E-state index in [1.807, 2.05) is 60.7 Å². The fourth-order valence-corrected chi connectivity index (χ4v) is 3.85. The van der Waals surface area contributed by atoms with Crippen molar-refractivity contribution in [3.05, 3.63) is 83.4 Å². The van der Waals surface area contributed by atoms with Crippen LogP contribution in [0.5, 0.6) is 23.0 Å². The maximum Gasteiger partial charge on any atom is 0.126 e. The highest BCUT2D eigenvalue weighted by molar-refractivity contribution is 6.03. The van der Waals surface area contributed by atoms with Crippen molar-refractivity contribution in [2.45, 2.75) is 18.6 Å². The minimum atomic E-state index is -0.296. The molecule has 6 nitrogen and oxygen atoms in total. The van der Waals surface area contributed by atoms with Gasteiger partial charge in [-0.3, -0.25) is 10.3 Å². The van der Waals surface area contributed by atoms with Crippen LogP contribution in [0.15, 0.2) is 71.7 Å². The molecule has 1 heterocycles. The number of hydrogen-bond acceptors (Lipinski definition) is 6. The number of ether oxygens (including phenoxy) is 3. The van der Waals surface area contributed by atoms with Crippen LogP contribution in [0, 0.1) is 0 Å². The Balaban J connectivity index is 1.78. The zero-order chi connectivity index (χ0) is 21.8. The lowest BCUT2D eigenvalue weighted by Crippen LogP contribution is -2.33. The van der Waals surface area contributed by atoms with Crippen LogP contribution >= 0.6 is 0 Å². The van der Waals surface area contributed by atoms with E-state index in [4.69, 9.17) is 19.2 Å². The van der Waals surface area contributed by atoms with Gasteiger partial charge in [-0.05, 0) is 48.0 Å². The summed E-state index contributed by atoms with van der Waals surface area (Å²) in [4.78, 5) is 4.95. The molecular weight excluding hydrogens is 392 g/mol. The number of phenolic OH excluding ortho intramolecular Hbond substituents is 1. The van der Waals surface area contributed by atoms with Crippen molar-refractivity contribution in [2.24, 2.45) is 4.99 Å². The molecule has 0 fully saturated rings. The number of aliphatic imine (C=N–C) groups is 1. The molecule has 0 saturated heterocycles. The lowest BCUT2D eigenvalue weighted by atomic mass is 9.93. The summed E-state index contributed by atoms with van der Waals surface area (Å²) in [6.07, 6.45) is 0.295. The fourth-order valence-electron chi connectivity index (χ4n) is 3.85. The van der Waals surface area contributed by atoms with Crippen LogP contribution in [0.3, 0.4) is 0 Å². The predicted octanol–water partition coefficient (Wildman–Crippen LogP) is 4.64. The molecule has 1 aliphatic heterocycles. The molecular formula is C25H26N2O4. The van der Waals surface area contributed by atoms with Crippen LogP contribution in [0.1, 0.15) is 35.3 Å². The van der Waals surface area contributed by atoms with Crippen molar-refractivity contribution < 1.29 is 19.3 Å². The Kier molecular flexibility index (Phi) is 6.09. The third-order valence-electron chi connectivity index (χ3n) is 5.50. The molecule has 0 amide bonds. The Morgan fingerprint density at radius 3 is 2.26 bits per heavy atom. The smallest absolute Gasteiger partial charge is 0.126 e. The maximum absolute atomic E-state index is 10.5. The van der Waals surface area contributed by atoms with Crippen molar-refractivity contribution in [3.8, 4) is 23.0 Å². The van der Waals surface area contributed by atoms with Gasteiger partial charge >= 0.3 is 0 Å². The molecule has 4 rings (SSSR count). The molecule has 0 aliphatic carbocycles.